The number of ether oxygens (including phenoxy) is 1. The minimum atomic E-state index is -1.12. The zero-order valence-corrected chi connectivity index (χ0v) is 25.6. The van der Waals surface area contributed by atoms with Crippen molar-refractivity contribution in [3.05, 3.63) is 65.7 Å². The predicted octanol–water partition coefficient (Wildman–Crippen LogP) is 2.21. The molecule has 2 aromatic rings. The molecule has 0 spiro atoms. The van der Waals surface area contributed by atoms with Crippen molar-refractivity contribution in [2.75, 3.05) is 42.4 Å². The lowest BCUT2D eigenvalue weighted by Gasteiger charge is -2.26. The number of carbonyl (C=O) groups is 4. The molecule has 1 fully saturated rings. The molecule has 2 heterocycles. The number of esters is 1. The van der Waals surface area contributed by atoms with Gasteiger partial charge in [0.15, 0.2) is 11.9 Å². The molecule has 0 saturated carbocycles. The third-order valence-corrected chi connectivity index (χ3v) is 8.69. The third kappa shape index (κ3) is 8.00. The van der Waals surface area contributed by atoms with Crippen molar-refractivity contribution in [3.8, 4) is 0 Å². The molecule has 2 amide bonds. The molecule has 2 aliphatic rings. The van der Waals surface area contributed by atoms with Crippen LogP contribution >= 0.6 is 23.5 Å². The highest BCUT2D eigenvalue weighted by atomic mass is 32.2. The predicted molar refractivity (Wildman–Crippen MR) is 168 cm³/mol. The van der Waals surface area contributed by atoms with Crippen molar-refractivity contribution < 1.29 is 23.9 Å². The van der Waals surface area contributed by atoms with E-state index >= 15 is 0 Å². The Morgan fingerprint density at radius 2 is 1.90 bits per heavy atom. The zero-order valence-electron chi connectivity index (χ0n) is 24.0. The van der Waals surface area contributed by atoms with Gasteiger partial charge in [-0.2, -0.15) is 11.8 Å². The van der Waals surface area contributed by atoms with Crippen LogP contribution in [-0.4, -0.2) is 90.4 Å². The van der Waals surface area contributed by atoms with Crippen molar-refractivity contribution >= 4 is 58.5 Å². The van der Waals surface area contributed by atoms with Crippen LogP contribution in [0.5, 0.6) is 0 Å². The number of nitrogens with one attached hydrogen (secondary N) is 3. The van der Waals surface area contributed by atoms with Gasteiger partial charge in [0, 0.05) is 16.9 Å². The summed E-state index contributed by atoms with van der Waals surface area (Å²) in [6.07, 6.45) is 1.20. The maximum absolute atomic E-state index is 14.1. The van der Waals surface area contributed by atoms with E-state index in [4.69, 9.17) is 9.73 Å². The van der Waals surface area contributed by atoms with Gasteiger partial charge >= 0.3 is 5.97 Å². The molecule has 1 saturated heterocycles. The maximum atomic E-state index is 14.1. The second-order valence-corrected chi connectivity index (χ2v) is 12.2. The second-order valence-electron chi connectivity index (χ2n) is 9.88. The molecule has 4 atom stereocenters. The number of benzodiazepines with no additional fused rings is 1. The van der Waals surface area contributed by atoms with Crippen molar-refractivity contribution in [2.24, 2.45) is 4.99 Å². The van der Waals surface area contributed by atoms with E-state index in [0.717, 1.165) is 5.56 Å². The van der Waals surface area contributed by atoms with E-state index < -0.39 is 30.0 Å². The highest BCUT2D eigenvalue weighted by molar-refractivity contribution is 8.00. The molecule has 42 heavy (non-hydrogen) atoms. The van der Waals surface area contributed by atoms with E-state index in [9.17, 15) is 19.2 Å². The largest absolute Gasteiger partial charge is 0.464 e. The van der Waals surface area contributed by atoms with Gasteiger partial charge in [0.1, 0.15) is 12.6 Å². The van der Waals surface area contributed by atoms with E-state index in [2.05, 4.69) is 16.0 Å². The molecule has 0 bridgehead atoms. The van der Waals surface area contributed by atoms with Crippen LogP contribution < -0.4 is 20.9 Å². The Morgan fingerprint density at radius 3 is 2.60 bits per heavy atom. The zero-order chi connectivity index (χ0) is 30.1. The Bertz CT molecular complexity index is 1310. The fourth-order valence-electron chi connectivity index (χ4n) is 4.79. The van der Waals surface area contributed by atoms with Crippen LogP contribution in [0.4, 0.5) is 5.69 Å². The summed E-state index contributed by atoms with van der Waals surface area (Å²) in [5.41, 5.74) is 2.55. The number of amides is 2. The van der Waals surface area contributed by atoms with Gasteiger partial charge in [0.25, 0.3) is 5.91 Å². The number of aliphatic imine (C=N–C) groups is 1. The number of ketones is 1. The SMILES string of the molecule is CCOC(=O)[C@H](CCSC)NC(=O)CN1C(=O)C(NCC(=O)C2CSC(C)N2)N=C(c2ccccc2)c2ccccc21. The fourth-order valence-corrected chi connectivity index (χ4v) is 6.28. The van der Waals surface area contributed by atoms with E-state index in [0.29, 0.717) is 34.9 Å². The molecule has 0 aromatic heterocycles. The first-order valence-corrected chi connectivity index (χ1v) is 16.4. The maximum Gasteiger partial charge on any atom is 0.328 e. The first-order chi connectivity index (χ1) is 20.3. The number of rotatable bonds is 13. The van der Waals surface area contributed by atoms with Crippen molar-refractivity contribution in [1.82, 2.24) is 16.0 Å². The fraction of sp³-hybridized carbons (Fsp3) is 0.433. The quantitative estimate of drug-likeness (QED) is 0.292. The molecular weight excluding hydrogens is 574 g/mol. The van der Waals surface area contributed by atoms with E-state index in [1.165, 1.54) is 4.90 Å². The Labute approximate surface area is 254 Å². The number of Topliss-reactive ketones (excluding diaryl/α,β-unsaturated/α-hetero) is 1. The van der Waals surface area contributed by atoms with Crippen LogP contribution in [0.2, 0.25) is 0 Å². The van der Waals surface area contributed by atoms with Gasteiger partial charge in [-0.1, -0.05) is 48.5 Å². The van der Waals surface area contributed by atoms with E-state index in [1.807, 2.05) is 55.6 Å². The minimum absolute atomic E-state index is 0.0618. The van der Waals surface area contributed by atoms with Gasteiger partial charge in [0.05, 0.1) is 36.0 Å². The Balaban J connectivity index is 1.63. The number of anilines is 1. The Kier molecular flexibility index (Phi) is 11.6. The molecule has 3 N–H and O–H groups in total. The average molecular weight is 612 g/mol. The summed E-state index contributed by atoms with van der Waals surface area (Å²) in [5, 5.41) is 9.25. The van der Waals surface area contributed by atoms with Gasteiger partial charge in [-0.3, -0.25) is 34.9 Å². The van der Waals surface area contributed by atoms with Crippen LogP contribution in [0, 0.1) is 0 Å². The number of benzene rings is 2. The number of para-hydroxylation sites is 1. The normalized spacial score (nSPS) is 20.7. The number of hydrogen-bond donors (Lipinski definition) is 3. The second kappa shape index (κ2) is 15.3. The molecule has 2 aromatic carbocycles. The Morgan fingerprint density at radius 1 is 1.17 bits per heavy atom. The Hall–Kier alpha value is -3.19. The van der Waals surface area contributed by atoms with Gasteiger partial charge in [-0.05, 0) is 38.3 Å². The van der Waals surface area contributed by atoms with Crippen molar-refractivity contribution in [2.45, 2.75) is 43.9 Å². The summed E-state index contributed by atoms with van der Waals surface area (Å²) >= 11 is 3.23. The first kappa shape index (κ1) is 31.7. The molecule has 0 radical (unpaired) electrons. The molecule has 224 valence electrons. The summed E-state index contributed by atoms with van der Waals surface area (Å²) in [6.45, 7) is 3.51. The third-order valence-electron chi connectivity index (χ3n) is 6.88. The van der Waals surface area contributed by atoms with Crippen LogP contribution in [-0.2, 0) is 23.9 Å². The summed E-state index contributed by atoms with van der Waals surface area (Å²) in [7, 11) is 0. The van der Waals surface area contributed by atoms with Gasteiger partial charge < -0.3 is 10.1 Å². The lowest BCUT2D eigenvalue weighted by Crippen LogP contribution is -2.52. The minimum Gasteiger partial charge on any atom is -0.464 e. The topological polar surface area (TPSA) is 129 Å². The molecule has 12 heteroatoms. The lowest BCUT2D eigenvalue weighted by molar-refractivity contribution is -0.147. The summed E-state index contributed by atoms with van der Waals surface area (Å²) in [4.78, 5) is 59.1. The highest BCUT2D eigenvalue weighted by Gasteiger charge is 2.35. The molecular formula is C30H37N5O5S2. The van der Waals surface area contributed by atoms with Gasteiger partial charge in [-0.15, -0.1) is 11.8 Å². The molecule has 2 aliphatic heterocycles. The summed E-state index contributed by atoms with van der Waals surface area (Å²) in [5.74, 6) is -0.242. The standard InChI is InChI=1S/C30H37N5O5S2/c1-4-40-30(39)22(14-15-41-3)33-26(37)17-35-24-13-9-8-12-21(24)27(20-10-6-5-7-11-20)34-28(29(35)38)31-16-25(36)23-18-42-19(2)32-23/h5-13,19,22-23,28,31-32H,4,14-18H2,1-3H3,(H,33,37)/t19?,22-,23?,28?/m0/s1. The smallest absolute Gasteiger partial charge is 0.328 e. The molecule has 0 aliphatic carbocycles. The van der Waals surface area contributed by atoms with Crippen LogP contribution in [0.25, 0.3) is 0 Å². The number of carbonyl (C=O) groups excluding carboxylic acids is 4. The monoisotopic (exact) mass is 611 g/mol. The van der Waals surface area contributed by atoms with E-state index in [1.54, 1.807) is 42.6 Å². The van der Waals surface area contributed by atoms with Gasteiger partial charge in [0.2, 0.25) is 5.91 Å². The van der Waals surface area contributed by atoms with Crippen molar-refractivity contribution in [1.29, 1.82) is 0 Å². The summed E-state index contributed by atoms with van der Waals surface area (Å²) in [6, 6.07) is 15.6. The van der Waals surface area contributed by atoms with Crippen LogP contribution in [0.3, 0.4) is 0 Å². The van der Waals surface area contributed by atoms with Crippen LogP contribution in [0.1, 0.15) is 31.4 Å². The lowest BCUT2D eigenvalue weighted by atomic mass is 10.0. The van der Waals surface area contributed by atoms with Crippen molar-refractivity contribution in [3.63, 3.8) is 0 Å². The molecule has 10 nitrogen and oxygen atoms in total. The summed E-state index contributed by atoms with van der Waals surface area (Å²) < 4.78 is 5.16. The number of thioether (sulfide) groups is 2. The van der Waals surface area contributed by atoms with Gasteiger partial charge in [-0.25, -0.2) is 4.79 Å². The number of nitrogens with zero attached hydrogens (tertiary/aromatic N) is 2. The van der Waals surface area contributed by atoms with E-state index in [-0.39, 0.29) is 36.9 Å². The number of hydrogen-bond acceptors (Lipinski definition) is 10. The molecule has 3 unspecified atom stereocenters. The first-order valence-electron chi connectivity index (χ1n) is 13.9. The number of fused-ring (bicyclic) bond motifs is 1. The average Bonchev–Trinajstić information content (AvgIpc) is 3.40. The molecule has 4 rings (SSSR count). The highest BCUT2D eigenvalue weighted by Crippen LogP contribution is 2.28. The van der Waals surface area contributed by atoms with Crippen LogP contribution in [0.15, 0.2) is 59.6 Å².